The zero-order valence-electron chi connectivity index (χ0n) is 14.8. The lowest BCUT2D eigenvalue weighted by molar-refractivity contribution is 0.290. The van der Waals surface area contributed by atoms with E-state index in [4.69, 9.17) is 33.3 Å². The van der Waals surface area contributed by atoms with Gasteiger partial charge in [-0.05, 0) is 72.7 Å². The van der Waals surface area contributed by atoms with Gasteiger partial charge in [-0.15, -0.1) is 0 Å². The van der Waals surface area contributed by atoms with Gasteiger partial charge in [-0.3, -0.25) is 0 Å². The molecule has 3 aromatic rings. The Morgan fingerprint density at radius 3 is 2.48 bits per heavy atom. The van der Waals surface area contributed by atoms with Gasteiger partial charge >= 0.3 is 0 Å². The van der Waals surface area contributed by atoms with Crippen LogP contribution in [0.15, 0.2) is 53.6 Å². The molecule has 0 saturated carbocycles. The number of nitrogens with zero attached hydrogens (tertiary/aromatic N) is 3. The highest BCUT2D eigenvalue weighted by molar-refractivity contribution is 7.71. The first-order chi connectivity index (χ1) is 13.2. The Balaban J connectivity index is 1.67. The molecule has 0 aliphatic carbocycles. The molecular formula is C19H19ClN4O2S. The van der Waals surface area contributed by atoms with E-state index in [1.54, 1.807) is 30.5 Å². The van der Waals surface area contributed by atoms with E-state index in [2.05, 4.69) is 22.2 Å². The largest absolute Gasteiger partial charge is 0.494 e. The summed E-state index contributed by atoms with van der Waals surface area (Å²) >= 11 is 11.1. The molecule has 0 bridgehead atoms. The first-order valence-corrected chi connectivity index (χ1v) is 9.26. The molecule has 6 nitrogen and oxygen atoms in total. The van der Waals surface area contributed by atoms with E-state index < -0.39 is 0 Å². The van der Waals surface area contributed by atoms with E-state index in [-0.39, 0.29) is 6.61 Å². The molecule has 8 heteroatoms. The number of hydrogen-bond acceptors (Lipinski definition) is 5. The Kier molecular flexibility index (Phi) is 6.62. The average molecular weight is 403 g/mol. The van der Waals surface area contributed by atoms with Crippen LogP contribution in [0.25, 0.3) is 0 Å². The fourth-order valence-corrected chi connectivity index (χ4v) is 2.53. The predicted octanol–water partition coefficient (Wildman–Crippen LogP) is 4.84. The lowest BCUT2D eigenvalue weighted by atomic mass is 10.2. The van der Waals surface area contributed by atoms with Gasteiger partial charge in [0, 0.05) is 5.02 Å². The molecule has 0 aliphatic heterocycles. The van der Waals surface area contributed by atoms with Crippen molar-refractivity contribution in [1.82, 2.24) is 14.9 Å². The highest BCUT2D eigenvalue weighted by Crippen LogP contribution is 2.17. The van der Waals surface area contributed by atoms with E-state index in [1.165, 1.54) is 4.68 Å². The maximum absolute atomic E-state index is 5.87. The quantitative estimate of drug-likeness (QED) is 0.432. The second-order valence-electron chi connectivity index (χ2n) is 5.66. The van der Waals surface area contributed by atoms with E-state index >= 15 is 0 Å². The number of ether oxygens (including phenoxy) is 2. The molecule has 0 spiro atoms. The number of nitrogens with one attached hydrogen (secondary N) is 1. The van der Waals surface area contributed by atoms with Gasteiger partial charge in [0.15, 0.2) is 5.82 Å². The number of aromatic amines is 1. The molecule has 0 saturated heterocycles. The monoisotopic (exact) mass is 402 g/mol. The Bertz CT molecular complexity index is 949. The molecule has 0 unspecified atom stereocenters. The normalized spacial score (nSPS) is 11.0. The van der Waals surface area contributed by atoms with Crippen LogP contribution in [0.1, 0.15) is 24.7 Å². The molecular weight excluding hydrogens is 384 g/mol. The van der Waals surface area contributed by atoms with Crippen LogP contribution < -0.4 is 9.47 Å². The van der Waals surface area contributed by atoms with Gasteiger partial charge in [0.2, 0.25) is 4.77 Å². The molecule has 2 aromatic carbocycles. The van der Waals surface area contributed by atoms with Crippen molar-refractivity contribution in [3.63, 3.8) is 0 Å². The minimum atomic E-state index is 0.218. The molecule has 0 atom stereocenters. The number of aromatic nitrogens is 3. The molecule has 27 heavy (non-hydrogen) atoms. The Morgan fingerprint density at radius 1 is 1.11 bits per heavy atom. The number of halogens is 1. The molecule has 140 valence electrons. The molecule has 0 fully saturated rings. The maximum Gasteiger partial charge on any atom is 0.216 e. The van der Waals surface area contributed by atoms with Gasteiger partial charge in [-0.25, -0.2) is 5.10 Å². The smallest absolute Gasteiger partial charge is 0.216 e. The second-order valence-corrected chi connectivity index (χ2v) is 6.48. The lowest BCUT2D eigenvalue weighted by Crippen LogP contribution is -2.04. The van der Waals surface area contributed by atoms with Crippen LogP contribution in [0.4, 0.5) is 0 Å². The van der Waals surface area contributed by atoms with Crippen LogP contribution in [0.3, 0.4) is 0 Å². The van der Waals surface area contributed by atoms with Gasteiger partial charge in [-0.2, -0.15) is 14.9 Å². The van der Waals surface area contributed by atoms with Gasteiger partial charge in [0.1, 0.15) is 18.1 Å². The van der Waals surface area contributed by atoms with Crippen molar-refractivity contribution in [2.75, 3.05) is 6.61 Å². The van der Waals surface area contributed by atoms with Crippen molar-refractivity contribution in [2.24, 2.45) is 5.10 Å². The maximum atomic E-state index is 5.87. The van der Waals surface area contributed by atoms with Crippen LogP contribution in [-0.2, 0) is 6.61 Å². The first-order valence-electron chi connectivity index (χ1n) is 8.47. The summed E-state index contributed by atoms with van der Waals surface area (Å²) in [5.41, 5.74) is 0.923. The van der Waals surface area contributed by atoms with Crippen LogP contribution in [0.5, 0.6) is 11.5 Å². The average Bonchev–Trinajstić information content (AvgIpc) is 3.04. The van der Waals surface area contributed by atoms with Crippen LogP contribution >= 0.6 is 23.8 Å². The number of H-pyrrole nitrogens is 1. The predicted molar refractivity (Wildman–Crippen MR) is 108 cm³/mol. The summed E-state index contributed by atoms with van der Waals surface area (Å²) in [5, 5.41) is 12.0. The zero-order valence-corrected chi connectivity index (χ0v) is 16.3. The third-order valence-electron chi connectivity index (χ3n) is 3.57. The zero-order chi connectivity index (χ0) is 19.1. The van der Waals surface area contributed by atoms with Crippen molar-refractivity contribution in [1.29, 1.82) is 0 Å². The SMILES string of the molecule is CCCOc1ccc(/C=N\n2c(COc3ccc(Cl)cc3)n[nH]c2=S)cc1. The van der Waals surface area contributed by atoms with Gasteiger partial charge in [-0.1, -0.05) is 18.5 Å². The van der Waals surface area contributed by atoms with Crippen LogP contribution in [0.2, 0.25) is 5.02 Å². The summed E-state index contributed by atoms with van der Waals surface area (Å²) in [4.78, 5) is 0. The van der Waals surface area contributed by atoms with Gasteiger partial charge in [0.05, 0.1) is 12.8 Å². The molecule has 0 aliphatic rings. The summed E-state index contributed by atoms with van der Waals surface area (Å²) in [6.45, 7) is 2.99. The molecule has 1 heterocycles. The fraction of sp³-hybridized carbons (Fsp3) is 0.211. The Labute approximate surface area is 167 Å². The molecule has 0 amide bonds. The van der Waals surface area contributed by atoms with Gasteiger partial charge in [0.25, 0.3) is 0 Å². The lowest BCUT2D eigenvalue weighted by Gasteiger charge is -2.06. The van der Waals surface area contributed by atoms with Crippen molar-refractivity contribution in [2.45, 2.75) is 20.0 Å². The van der Waals surface area contributed by atoms with E-state index in [1.807, 2.05) is 24.3 Å². The van der Waals surface area contributed by atoms with Crippen LogP contribution in [-0.4, -0.2) is 27.7 Å². The third-order valence-corrected chi connectivity index (χ3v) is 4.09. The van der Waals surface area contributed by atoms with E-state index in [0.717, 1.165) is 17.7 Å². The molecule has 1 N–H and O–H groups in total. The summed E-state index contributed by atoms with van der Waals surface area (Å²) in [7, 11) is 0. The Hall–Kier alpha value is -2.64. The third kappa shape index (κ3) is 5.42. The fourth-order valence-electron chi connectivity index (χ4n) is 2.21. The second kappa shape index (κ2) is 9.34. The van der Waals surface area contributed by atoms with Crippen molar-refractivity contribution < 1.29 is 9.47 Å². The number of rotatable bonds is 8. The molecule has 3 rings (SSSR count). The van der Waals surface area contributed by atoms with E-state index in [9.17, 15) is 0 Å². The van der Waals surface area contributed by atoms with Crippen molar-refractivity contribution in [3.8, 4) is 11.5 Å². The van der Waals surface area contributed by atoms with Crippen LogP contribution in [0, 0.1) is 4.77 Å². The van der Waals surface area contributed by atoms with Gasteiger partial charge < -0.3 is 9.47 Å². The number of benzene rings is 2. The van der Waals surface area contributed by atoms with E-state index in [0.29, 0.717) is 28.0 Å². The topological polar surface area (TPSA) is 64.4 Å². The highest BCUT2D eigenvalue weighted by Gasteiger charge is 2.06. The first kappa shape index (κ1) is 19.1. The minimum Gasteiger partial charge on any atom is -0.494 e. The summed E-state index contributed by atoms with van der Waals surface area (Å²) < 4.78 is 13.2. The summed E-state index contributed by atoms with van der Waals surface area (Å²) in [5.74, 6) is 2.09. The van der Waals surface area contributed by atoms with Crippen molar-refractivity contribution in [3.05, 3.63) is 69.7 Å². The Morgan fingerprint density at radius 2 is 1.78 bits per heavy atom. The minimum absolute atomic E-state index is 0.218. The summed E-state index contributed by atoms with van der Waals surface area (Å²) in [6.07, 6.45) is 2.68. The standard InChI is InChI=1S/C19H19ClN4O2S/c1-2-11-25-16-7-3-14(4-8-16)12-21-24-18(22-23-19(24)27)13-26-17-9-5-15(20)6-10-17/h3-10,12H,2,11,13H2,1H3,(H,23,27)/b21-12-. The molecule has 0 radical (unpaired) electrons. The van der Waals surface area contributed by atoms with Crippen molar-refractivity contribution >= 4 is 30.0 Å². The summed E-state index contributed by atoms with van der Waals surface area (Å²) in [6, 6.07) is 14.8. The number of hydrogen-bond donors (Lipinski definition) is 1. The highest BCUT2D eigenvalue weighted by atomic mass is 35.5. The molecule has 1 aromatic heterocycles.